The van der Waals surface area contributed by atoms with Crippen LogP contribution in [0.15, 0.2) is 48.5 Å². The van der Waals surface area contributed by atoms with Crippen molar-refractivity contribution in [3.63, 3.8) is 0 Å². The van der Waals surface area contributed by atoms with Gasteiger partial charge in [0.05, 0.1) is 13.2 Å². The molecule has 0 saturated heterocycles. The third-order valence-corrected chi connectivity index (χ3v) is 4.95. The van der Waals surface area contributed by atoms with E-state index >= 15 is 0 Å². The molecule has 0 aliphatic carbocycles. The lowest BCUT2D eigenvalue weighted by Crippen LogP contribution is -2.07. The number of phenolic OH excluding ortho intramolecular Hbond substituents is 1. The van der Waals surface area contributed by atoms with Gasteiger partial charge in [0.25, 0.3) is 0 Å². The number of hydrogen-bond donors (Lipinski definition) is 1. The van der Waals surface area contributed by atoms with Crippen LogP contribution >= 0.6 is 0 Å². The van der Waals surface area contributed by atoms with E-state index in [2.05, 4.69) is 38.1 Å². The molecule has 1 aliphatic heterocycles. The van der Waals surface area contributed by atoms with E-state index in [0.29, 0.717) is 13.2 Å². The first-order valence-electron chi connectivity index (χ1n) is 9.25. The molecule has 0 aromatic heterocycles. The fraction of sp³-hybridized carbons (Fsp3) is 0.250. The van der Waals surface area contributed by atoms with Crippen molar-refractivity contribution in [2.75, 3.05) is 0 Å². The maximum atomic E-state index is 10.00. The standard InChI is InChI=1S/C24H24O3/c1-15-4-6-22(25)20(9-15)13-26-14-21-11-17(3)10-19-12-18-8-16(2)5-7-23(18)27-24(19)21/h4-11,25H,12-14H2,1-3H3. The van der Waals surface area contributed by atoms with Crippen LogP contribution < -0.4 is 4.74 Å². The fourth-order valence-electron chi connectivity index (χ4n) is 3.66. The van der Waals surface area contributed by atoms with E-state index in [1.807, 2.05) is 25.1 Å². The normalized spacial score (nSPS) is 12.3. The van der Waals surface area contributed by atoms with Crippen molar-refractivity contribution in [3.8, 4) is 17.2 Å². The molecule has 0 atom stereocenters. The molecule has 3 nitrogen and oxygen atoms in total. The van der Waals surface area contributed by atoms with Crippen LogP contribution in [-0.4, -0.2) is 5.11 Å². The van der Waals surface area contributed by atoms with Crippen molar-refractivity contribution in [2.45, 2.75) is 40.4 Å². The lowest BCUT2D eigenvalue weighted by Gasteiger charge is -2.24. The number of fused-ring (bicyclic) bond motifs is 2. The van der Waals surface area contributed by atoms with Crippen LogP contribution in [0, 0.1) is 20.8 Å². The van der Waals surface area contributed by atoms with Gasteiger partial charge in [-0.15, -0.1) is 0 Å². The van der Waals surface area contributed by atoms with E-state index in [-0.39, 0.29) is 5.75 Å². The molecule has 27 heavy (non-hydrogen) atoms. The highest BCUT2D eigenvalue weighted by Gasteiger charge is 2.20. The van der Waals surface area contributed by atoms with Gasteiger partial charge < -0.3 is 14.6 Å². The summed E-state index contributed by atoms with van der Waals surface area (Å²) in [5.41, 5.74) is 7.83. The molecule has 0 saturated carbocycles. The first-order valence-corrected chi connectivity index (χ1v) is 9.25. The zero-order chi connectivity index (χ0) is 19.0. The number of aryl methyl sites for hydroxylation is 3. The summed E-state index contributed by atoms with van der Waals surface area (Å²) in [6, 6.07) is 16.2. The van der Waals surface area contributed by atoms with Gasteiger partial charge in [0.15, 0.2) is 0 Å². The minimum atomic E-state index is 0.271. The Labute approximate surface area is 160 Å². The average Bonchev–Trinajstić information content (AvgIpc) is 2.63. The molecule has 4 rings (SSSR count). The number of hydrogen-bond acceptors (Lipinski definition) is 3. The van der Waals surface area contributed by atoms with Gasteiger partial charge in [-0.3, -0.25) is 0 Å². The molecular weight excluding hydrogens is 336 g/mol. The predicted molar refractivity (Wildman–Crippen MR) is 107 cm³/mol. The van der Waals surface area contributed by atoms with Crippen molar-refractivity contribution < 1.29 is 14.6 Å². The fourth-order valence-corrected chi connectivity index (χ4v) is 3.66. The van der Waals surface area contributed by atoms with Crippen LogP contribution in [-0.2, 0) is 24.4 Å². The molecule has 0 spiro atoms. The van der Waals surface area contributed by atoms with E-state index in [1.54, 1.807) is 6.07 Å². The second-order valence-corrected chi connectivity index (χ2v) is 7.43. The van der Waals surface area contributed by atoms with Crippen LogP contribution in [0.2, 0.25) is 0 Å². The van der Waals surface area contributed by atoms with Gasteiger partial charge in [-0.1, -0.05) is 53.1 Å². The molecule has 0 radical (unpaired) electrons. The maximum Gasteiger partial charge on any atom is 0.136 e. The molecule has 0 bridgehead atoms. The minimum absolute atomic E-state index is 0.271. The number of aromatic hydroxyl groups is 1. The summed E-state index contributed by atoms with van der Waals surface area (Å²) in [5.74, 6) is 2.10. The Morgan fingerprint density at radius 3 is 2.33 bits per heavy atom. The zero-order valence-electron chi connectivity index (χ0n) is 16.0. The van der Waals surface area contributed by atoms with Crippen LogP contribution in [0.1, 0.15) is 38.9 Å². The predicted octanol–water partition coefficient (Wildman–Crippen LogP) is 5.73. The molecular formula is C24H24O3. The summed E-state index contributed by atoms with van der Waals surface area (Å²) in [6.07, 6.45) is 0.875. The van der Waals surface area contributed by atoms with Gasteiger partial charge in [0.2, 0.25) is 0 Å². The molecule has 1 aliphatic rings. The Morgan fingerprint density at radius 2 is 1.48 bits per heavy atom. The van der Waals surface area contributed by atoms with Crippen LogP contribution in [0.25, 0.3) is 0 Å². The number of ether oxygens (including phenoxy) is 2. The Bertz CT molecular complexity index is 1000. The van der Waals surface area contributed by atoms with Gasteiger partial charge in [0, 0.05) is 17.5 Å². The highest BCUT2D eigenvalue weighted by Crippen LogP contribution is 2.40. The molecule has 3 heteroatoms. The van der Waals surface area contributed by atoms with Crippen molar-refractivity contribution in [1.29, 1.82) is 0 Å². The monoisotopic (exact) mass is 360 g/mol. The number of benzene rings is 3. The van der Waals surface area contributed by atoms with Gasteiger partial charge in [-0.2, -0.15) is 0 Å². The second-order valence-electron chi connectivity index (χ2n) is 7.43. The highest BCUT2D eigenvalue weighted by molar-refractivity contribution is 5.55. The summed E-state index contributed by atoms with van der Waals surface area (Å²) in [6.45, 7) is 7.02. The Hall–Kier alpha value is -2.78. The van der Waals surface area contributed by atoms with Crippen molar-refractivity contribution in [1.82, 2.24) is 0 Å². The van der Waals surface area contributed by atoms with Gasteiger partial charge >= 0.3 is 0 Å². The molecule has 0 amide bonds. The minimum Gasteiger partial charge on any atom is -0.508 e. The summed E-state index contributed by atoms with van der Waals surface area (Å²) >= 11 is 0. The van der Waals surface area contributed by atoms with Gasteiger partial charge in [0.1, 0.15) is 17.2 Å². The number of phenols is 1. The molecule has 0 unspecified atom stereocenters. The van der Waals surface area contributed by atoms with E-state index in [0.717, 1.165) is 34.6 Å². The molecule has 1 N–H and O–H groups in total. The summed E-state index contributed by atoms with van der Waals surface area (Å²) in [4.78, 5) is 0. The van der Waals surface area contributed by atoms with Crippen LogP contribution in [0.3, 0.4) is 0 Å². The van der Waals surface area contributed by atoms with Gasteiger partial charge in [-0.05, 0) is 44.0 Å². The largest absolute Gasteiger partial charge is 0.508 e. The van der Waals surface area contributed by atoms with Crippen molar-refractivity contribution >= 4 is 0 Å². The maximum absolute atomic E-state index is 10.00. The average molecular weight is 360 g/mol. The molecule has 138 valence electrons. The number of rotatable bonds is 4. The quantitative estimate of drug-likeness (QED) is 0.505. The smallest absolute Gasteiger partial charge is 0.136 e. The first kappa shape index (κ1) is 17.6. The molecule has 0 fully saturated rings. The lowest BCUT2D eigenvalue weighted by atomic mass is 9.95. The second kappa shape index (κ2) is 7.09. The summed E-state index contributed by atoms with van der Waals surface area (Å²) < 4.78 is 12.2. The topological polar surface area (TPSA) is 38.7 Å². The highest BCUT2D eigenvalue weighted by atomic mass is 16.5. The molecule has 3 aromatic rings. The third-order valence-electron chi connectivity index (χ3n) is 4.95. The first-order chi connectivity index (χ1) is 13.0. The van der Waals surface area contributed by atoms with Crippen molar-refractivity contribution in [3.05, 3.63) is 87.5 Å². The Balaban J connectivity index is 1.55. The van der Waals surface area contributed by atoms with Gasteiger partial charge in [-0.25, -0.2) is 0 Å². The van der Waals surface area contributed by atoms with Crippen molar-refractivity contribution in [2.24, 2.45) is 0 Å². The summed E-state index contributed by atoms with van der Waals surface area (Å²) in [5, 5.41) is 10.00. The van der Waals surface area contributed by atoms with Crippen LogP contribution in [0.4, 0.5) is 0 Å². The SMILES string of the molecule is Cc1ccc(O)c(COCc2cc(C)cc3c2Oc2ccc(C)cc2C3)c1. The Kier molecular flexibility index (Phi) is 4.63. The van der Waals surface area contributed by atoms with E-state index in [4.69, 9.17) is 9.47 Å². The van der Waals surface area contributed by atoms with Crippen LogP contribution in [0.5, 0.6) is 17.2 Å². The van der Waals surface area contributed by atoms with E-state index < -0.39 is 0 Å². The van der Waals surface area contributed by atoms with E-state index in [9.17, 15) is 5.11 Å². The van der Waals surface area contributed by atoms with E-state index in [1.165, 1.54) is 22.3 Å². The third kappa shape index (κ3) is 3.69. The molecule has 1 heterocycles. The Morgan fingerprint density at radius 1 is 0.815 bits per heavy atom. The summed E-state index contributed by atoms with van der Waals surface area (Å²) in [7, 11) is 0. The zero-order valence-corrected chi connectivity index (χ0v) is 16.0. The molecule has 3 aromatic carbocycles. The lowest BCUT2D eigenvalue weighted by molar-refractivity contribution is 0.104.